The number of rotatable bonds is 5. The smallest absolute Gasteiger partial charge is 0.254 e. The van der Waals surface area contributed by atoms with Gasteiger partial charge in [-0.25, -0.2) is 4.39 Å². The lowest BCUT2D eigenvalue weighted by Crippen LogP contribution is -2.35. The van der Waals surface area contributed by atoms with Crippen LogP contribution in [0.4, 0.5) is 4.39 Å². The molecule has 0 bridgehead atoms. The Kier molecular flexibility index (Phi) is 5.34. The monoisotopic (exact) mass is 394 g/mol. The Balaban J connectivity index is 1.54. The van der Waals surface area contributed by atoms with Gasteiger partial charge in [-0.05, 0) is 48.4 Å². The lowest BCUT2D eigenvalue weighted by atomic mass is 10.0. The number of carbonyl (C=O) groups is 1. The van der Waals surface area contributed by atoms with Crippen molar-refractivity contribution in [3.63, 3.8) is 0 Å². The summed E-state index contributed by atoms with van der Waals surface area (Å²) in [5.74, 6) is 1.33. The quantitative estimate of drug-likeness (QED) is 0.629. The van der Waals surface area contributed by atoms with Gasteiger partial charge in [-0.2, -0.15) is 0 Å². The van der Waals surface area contributed by atoms with Crippen LogP contribution in [0.2, 0.25) is 0 Å². The topological polar surface area (TPSA) is 55.6 Å². The second kappa shape index (κ2) is 8.07. The van der Waals surface area contributed by atoms with E-state index in [-0.39, 0.29) is 11.7 Å². The molecule has 5 nitrogen and oxygen atoms in total. The number of ether oxygens (including phenoxy) is 1. The molecular weight excluding hydrogens is 371 g/mol. The zero-order chi connectivity index (χ0) is 20.4. The van der Waals surface area contributed by atoms with Gasteiger partial charge in [0.15, 0.2) is 5.76 Å². The van der Waals surface area contributed by atoms with E-state index in [1.807, 2.05) is 12.1 Å². The Morgan fingerprint density at radius 3 is 2.79 bits per heavy atom. The molecule has 6 heteroatoms. The van der Waals surface area contributed by atoms with Crippen LogP contribution in [-0.2, 0) is 13.0 Å². The maximum Gasteiger partial charge on any atom is 0.254 e. The van der Waals surface area contributed by atoms with Crippen molar-refractivity contribution < 1.29 is 18.4 Å². The van der Waals surface area contributed by atoms with Crippen molar-refractivity contribution >= 4 is 5.91 Å². The van der Waals surface area contributed by atoms with Crippen molar-refractivity contribution in [2.45, 2.75) is 26.8 Å². The maximum absolute atomic E-state index is 13.2. The van der Waals surface area contributed by atoms with E-state index in [9.17, 15) is 9.18 Å². The number of aromatic nitrogens is 1. The molecule has 29 heavy (non-hydrogen) atoms. The number of hydrogen-bond donors (Lipinski definition) is 0. The molecule has 0 N–H and O–H groups in total. The Morgan fingerprint density at radius 1 is 1.24 bits per heavy atom. The van der Waals surface area contributed by atoms with Crippen molar-refractivity contribution in [1.82, 2.24) is 10.1 Å². The molecule has 0 unspecified atom stereocenters. The van der Waals surface area contributed by atoms with E-state index in [2.05, 4.69) is 19.0 Å². The molecule has 2 aromatic carbocycles. The molecule has 0 spiro atoms. The van der Waals surface area contributed by atoms with Crippen LogP contribution in [0.3, 0.4) is 0 Å². The van der Waals surface area contributed by atoms with Gasteiger partial charge in [0.2, 0.25) is 0 Å². The summed E-state index contributed by atoms with van der Waals surface area (Å²) in [5, 5.41) is 4.15. The van der Waals surface area contributed by atoms with Gasteiger partial charge in [-0.15, -0.1) is 0 Å². The first-order chi connectivity index (χ1) is 14.0. The molecule has 150 valence electrons. The molecule has 0 saturated heterocycles. The van der Waals surface area contributed by atoms with Crippen molar-refractivity contribution in [1.29, 1.82) is 0 Å². The van der Waals surface area contributed by atoms with E-state index in [4.69, 9.17) is 9.26 Å². The molecule has 0 aliphatic carbocycles. The highest BCUT2D eigenvalue weighted by molar-refractivity contribution is 5.94. The van der Waals surface area contributed by atoms with Crippen LogP contribution >= 0.6 is 0 Å². The highest BCUT2D eigenvalue weighted by Gasteiger charge is 2.28. The fraction of sp³-hybridized carbons (Fsp3) is 0.304. The number of hydrogen-bond acceptors (Lipinski definition) is 4. The summed E-state index contributed by atoms with van der Waals surface area (Å²) >= 11 is 0. The first-order valence-electron chi connectivity index (χ1n) is 9.77. The summed E-state index contributed by atoms with van der Waals surface area (Å²) in [6, 6.07) is 13.4. The van der Waals surface area contributed by atoms with Crippen molar-refractivity contribution in [3.05, 3.63) is 71.2 Å². The summed E-state index contributed by atoms with van der Waals surface area (Å²) in [6.07, 6.45) is 0.620. The SMILES string of the molecule is CC(C)COc1cccc(C(=O)N2CCc3noc(-c4ccc(F)cc4)c3C2)c1. The van der Waals surface area contributed by atoms with Crippen LogP contribution in [0.5, 0.6) is 5.75 Å². The van der Waals surface area contributed by atoms with Gasteiger partial charge in [0.1, 0.15) is 11.6 Å². The normalized spacial score (nSPS) is 13.4. The molecule has 2 heterocycles. The van der Waals surface area contributed by atoms with Gasteiger partial charge < -0.3 is 14.2 Å². The lowest BCUT2D eigenvalue weighted by molar-refractivity contribution is 0.0734. The van der Waals surface area contributed by atoms with E-state index in [1.54, 1.807) is 29.2 Å². The molecule has 0 radical (unpaired) electrons. The Labute approximate surface area is 169 Å². The third kappa shape index (κ3) is 4.16. The predicted molar refractivity (Wildman–Crippen MR) is 107 cm³/mol. The second-order valence-corrected chi connectivity index (χ2v) is 7.65. The number of carbonyl (C=O) groups excluding carboxylic acids is 1. The number of fused-ring (bicyclic) bond motifs is 1. The highest BCUT2D eigenvalue weighted by atomic mass is 19.1. The molecule has 0 saturated carbocycles. The van der Waals surface area contributed by atoms with Gasteiger partial charge >= 0.3 is 0 Å². The Hall–Kier alpha value is -3.15. The minimum atomic E-state index is -0.307. The molecule has 3 aromatic rings. The highest BCUT2D eigenvalue weighted by Crippen LogP contribution is 2.31. The van der Waals surface area contributed by atoms with Crippen LogP contribution in [0.25, 0.3) is 11.3 Å². The second-order valence-electron chi connectivity index (χ2n) is 7.65. The number of halogens is 1. The fourth-order valence-electron chi connectivity index (χ4n) is 3.38. The van der Waals surface area contributed by atoms with Gasteiger partial charge in [-0.1, -0.05) is 25.1 Å². The largest absolute Gasteiger partial charge is 0.493 e. The molecule has 1 amide bonds. The van der Waals surface area contributed by atoms with E-state index >= 15 is 0 Å². The van der Waals surface area contributed by atoms with Crippen molar-refractivity contribution in [2.75, 3.05) is 13.2 Å². The number of amides is 1. The fourth-order valence-corrected chi connectivity index (χ4v) is 3.38. The van der Waals surface area contributed by atoms with Crippen LogP contribution in [-0.4, -0.2) is 29.1 Å². The van der Waals surface area contributed by atoms with Crippen molar-refractivity contribution in [2.24, 2.45) is 5.92 Å². The zero-order valence-corrected chi connectivity index (χ0v) is 16.5. The predicted octanol–water partition coefficient (Wildman–Crippen LogP) is 4.71. The van der Waals surface area contributed by atoms with Crippen molar-refractivity contribution in [3.8, 4) is 17.1 Å². The summed E-state index contributed by atoms with van der Waals surface area (Å²) in [6.45, 7) is 5.74. The Morgan fingerprint density at radius 2 is 2.03 bits per heavy atom. The average molecular weight is 394 g/mol. The minimum Gasteiger partial charge on any atom is -0.493 e. The van der Waals surface area contributed by atoms with Gasteiger partial charge in [0.25, 0.3) is 5.91 Å². The molecule has 0 atom stereocenters. The molecule has 1 aliphatic rings. The van der Waals surface area contributed by atoms with Crippen LogP contribution in [0.15, 0.2) is 53.1 Å². The summed E-state index contributed by atoms with van der Waals surface area (Å²) in [7, 11) is 0. The molecule has 4 rings (SSSR count). The van der Waals surface area contributed by atoms with Gasteiger partial charge in [-0.3, -0.25) is 4.79 Å². The molecule has 1 aromatic heterocycles. The average Bonchev–Trinajstić information content (AvgIpc) is 3.16. The third-order valence-corrected chi connectivity index (χ3v) is 4.90. The van der Waals surface area contributed by atoms with Gasteiger partial charge in [0.05, 0.1) is 18.8 Å². The number of benzene rings is 2. The van der Waals surface area contributed by atoms with Crippen LogP contribution < -0.4 is 4.74 Å². The summed E-state index contributed by atoms with van der Waals surface area (Å²) < 4.78 is 24.5. The molecule has 1 aliphatic heterocycles. The summed E-state index contributed by atoms with van der Waals surface area (Å²) in [4.78, 5) is 14.9. The summed E-state index contributed by atoms with van der Waals surface area (Å²) in [5.41, 5.74) is 3.07. The Bertz CT molecular complexity index is 1010. The van der Waals surface area contributed by atoms with Gasteiger partial charge in [0, 0.05) is 29.7 Å². The minimum absolute atomic E-state index is 0.0584. The van der Waals surface area contributed by atoms with E-state index in [1.165, 1.54) is 12.1 Å². The molecule has 0 fully saturated rings. The zero-order valence-electron chi connectivity index (χ0n) is 16.5. The third-order valence-electron chi connectivity index (χ3n) is 4.90. The standard InChI is InChI=1S/C23H23FN2O3/c1-15(2)14-28-19-5-3-4-17(12-19)23(27)26-11-10-21-20(13-26)22(29-25-21)16-6-8-18(24)9-7-16/h3-9,12,15H,10-11,13-14H2,1-2H3. The molecular formula is C23H23FN2O3. The lowest BCUT2D eigenvalue weighted by Gasteiger charge is -2.26. The van der Waals surface area contributed by atoms with E-state index in [0.717, 1.165) is 16.8 Å². The van der Waals surface area contributed by atoms with E-state index < -0.39 is 0 Å². The van der Waals surface area contributed by atoms with E-state index in [0.29, 0.717) is 49.1 Å². The first kappa shape index (κ1) is 19.2. The van der Waals surface area contributed by atoms with Crippen LogP contribution in [0, 0.1) is 11.7 Å². The number of nitrogens with zero attached hydrogens (tertiary/aromatic N) is 2. The van der Waals surface area contributed by atoms with Crippen LogP contribution in [0.1, 0.15) is 35.5 Å². The first-order valence-corrected chi connectivity index (χ1v) is 9.77. The maximum atomic E-state index is 13.2.